The van der Waals surface area contributed by atoms with Gasteiger partial charge < -0.3 is 9.32 Å². The van der Waals surface area contributed by atoms with Crippen molar-refractivity contribution in [3.63, 3.8) is 0 Å². The van der Waals surface area contributed by atoms with E-state index in [-0.39, 0.29) is 33.6 Å². The van der Waals surface area contributed by atoms with Crippen LogP contribution >= 0.6 is 15.9 Å². The molecule has 5 rings (SSSR count). The van der Waals surface area contributed by atoms with Gasteiger partial charge in [0.25, 0.3) is 5.91 Å². The summed E-state index contributed by atoms with van der Waals surface area (Å²) >= 11 is 3.43. The van der Waals surface area contributed by atoms with E-state index in [0.29, 0.717) is 13.0 Å². The molecule has 0 bridgehead atoms. The molecule has 0 fully saturated rings. The summed E-state index contributed by atoms with van der Waals surface area (Å²) in [4.78, 5) is 28.4. The van der Waals surface area contributed by atoms with Gasteiger partial charge in [-0.1, -0.05) is 58.4 Å². The Labute approximate surface area is 186 Å². The summed E-state index contributed by atoms with van der Waals surface area (Å²) in [7, 11) is 0. The molecule has 1 atom stereocenters. The van der Waals surface area contributed by atoms with E-state index >= 15 is 0 Å². The highest BCUT2D eigenvalue weighted by Crippen LogP contribution is 2.38. The molecule has 154 valence electrons. The van der Waals surface area contributed by atoms with Crippen molar-refractivity contribution in [3.8, 4) is 0 Å². The van der Waals surface area contributed by atoms with E-state index in [1.165, 1.54) is 12.1 Å². The van der Waals surface area contributed by atoms with E-state index in [4.69, 9.17) is 4.42 Å². The van der Waals surface area contributed by atoms with E-state index in [1.54, 1.807) is 4.90 Å². The normalized spacial score (nSPS) is 15.5. The van der Waals surface area contributed by atoms with Crippen LogP contribution in [0.5, 0.6) is 0 Å². The quantitative estimate of drug-likeness (QED) is 0.390. The zero-order valence-electron chi connectivity index (χ0n) is 16.3. The van der Waals surface area contributed by atoms with Crippen LogP contribution in [0.25, 0.3) is 11.0 Å². The molecular weight excluding hydrogens is 461 g/mol. The molecule has 0 saturated heterocycles. The lowest BCUT2D eigenvalue weighted by Crippen LogP contribution is -2.31. The Morgan fingerprint density at radius 3 is 2.45 bits per heavy atom. The van der Waals surface area contributed by atoms with Crippen molar-refractivity contribution >= 4 is 32.8 Å². The average molecular weight is 478 g/mol. The molecule has 1 aromatic heterocycles. The Balaban J connectivity index is 1.66. The van der Waals surface area contributed by atoms with Gasteiger partial charge in [-0.15, -0.1) is 0 Å². The van der Waals surface area contributed by atoms with Crippen LogP contribution in [0.1, 0.15) is 33.3 Å². The number of nitrogens with zero attached hydrogens (tertiary/aromatic N) is 1. The number of fused-ring (bicyclic) bond motifs is 2. The van der Waals surface area contributed by atoms with Crippen LogP contribution in [0.4, 0.5) is 4.39 Å². The lowest BCUT2D eigenvalue weighted by Gasteiger charge is -2.25. The predicted molar refractivity (Wildman–Crippen MR) is 120 cm³/mol. The Hall–Kier alpha value is -3.25. The highest BCUT2D eigenvalue weighted by atomic mass is 79.9. The van der Waals surface area contributed by atoms with Gasteiger partial charge in [-0.05, 0) is 47.9 Å². The van der Waals surface area contributed by atoms with Crippen LogP contribution in [0.15, 0.2) is 86.5 Å². The minimum atomic E-state index is -0.594. The zero-order valence-corrected chi connectivity index (χ0v) is 17.9. The molecule has 4 aromatic rings. The van der Waals surface area contributed by atoms with Gasteiger partial charge in [0.15, 0.2) is 5.43 Å². The van der Waals surface area contributed by atoms with E-state index in [0.717, 1.165) is 21.7 Å². The third-order valence-corrected chi connectivity index (χ3v) is 6.13. The van der Waals surface area contributed by atoms with Crippen molar-refractivity contribution in [2.45, 2.75) is 12.5 Å². The topological polar surface area (TPSA) is 50.5 Å². The zero-order chi connectivity index (χ0) is 21.5. The Kier molecular flexibility index (Phi) is 4.94. The predicted octanol–water partition coefficient (Wildman–Crippen LogP) is 5.48. The summed E-state index contributed by atoms with van der Waals surface area (Å²) in [6.07, 6.45) is 0.635. The van der Waals surface area contributed by atoms with Gasteiger partial charge in [0.1, 0.15) is 11.4 Å². The fourth-order valence-corrected chi connectivity index (χ4v) is 4.37. The van der Waals surface area contributed by atoms with Crippen molar-refractivity contribution in [3.05, 3.63) is 116 Å². The highest BCUT2D eigenvalue weighted by Gasteiger charge is 2.42. The highest BCUT2D eigenvalue weighted by molar-refractivity contribution is 9.10. The SMILES string of the molecule is O=C1c2oc3ccc(F)cc3c(=O)c2C(c2ccc(Br)cc2)N1CCc1ccccc1. The third-order valence-electron chi connectivity index (χ3n) is 5.60. The molecule has 31 heavy (non-hydrogen) atoms. The summed E-state index contributed by atoms with van der Waals surface area (Å²) in [5.41, 5.74) is 1.98. The maximum atomic E-state index is 13.8. The number of carbonyl (C=O) groups excluding carboxylic acids is 1. The standard InChI is InChI=1S/C25H17BrFNO3/c26-17-8-6-16(7-9-17)22-21-23(29)19-14-18(27)10-11-20(19)31-24(21)25(30)28(22)13-12-15-4-2-1-3-5-15/h1-11,14,22H,12-13H2. The molecule has 3 aromatic carbocycles. The second-order valence-corrected chi connectivity index (χ2v) is 8.42. The van der Waals surface area contributed by atoms with Gasteiger partial charge in [-0.25, -0.2) is 4.39 Å². The molecular formula is C25H17BrFNO3. The first kappa shape index (κ1) is 19.7. The first-order valence-corrected chi connectivity index (χ1v) is 10.7. The summed E-state index contributed by atoms with van der Waals surface area (Å²) in [6, 6.07) is 20.5. The Morgan fingerprint density at radius 1 is 0.968 bits per heavy atom. The van der Waals surface area contributed by atoms with Gasteiger partial charge in [0.2, 0.25) is 5.76 Å². The number of hydrogen-bond acceptors (Lipinski definition) is 3. The summed E-state index contributed by atoms with van der Waals surface area (Å²) < 4.78 is 20.6. The first-order valence-electron chi connectivity index (χ1n) is 9.89. The van der Waals surface area contributed by atoms with Crippen molar-refractivity contribution in [1.82, 2.24) is 4.90 Å². The molecule has 1 unspecified atom stereocenters. The van der Waals surface area contributed by atoms with Crippen molar-refractivity contribution in [2.24, 2.45) is 0 Å². The summed E-state index contributed by atoms with van der Waals surface area (Å²) in [5.74, 6) is -0.822. The van der Waals surface area contributed by atoms with Crippen molar-refractivity contribution in [2.75, 3.05) is 6.54 Å². The number of carbonyl (C=O) groups is 1. The maximum Gasteiger partial charge on any atom is 0.290 e. The van der Waals surface area contributed by atoms with E-state index in [1.807, 2.05) is 54.6 Å². The molecule has 1 amide bonds. The molecule has 0 saturated carbocycles. The fraction of sp³-hybridized carbons (Fsp3) is 0.120. The Bertz CT molecular complexity index is 1350. The number of benzene rings is 3. The average Bonchev–Trinajstić information content (AvgIpc) is 3.06. The number of amides is 1. The van der Waals surface area contributed by atoms with Gasteiger partial charge in [-0.3, -0.25) is 9.59 Å². The van der Waals surface area contributed by atoms with Gasteiger partial charge in [0.05, 0.1) is 17.0 Å². The monoisotopic (exact) mass is 477 g/mol. The van der Waals surface area contributed by atoms with Crippen LogP contribution in [0, 0.1) is 5.82 Å². The Morgan fingerprint density at radius 2 is 1.71 bits per heavy atom. The minimum Gasteiger partial charge on any atom is -0.450 e. The molecule has 4 nitrogen and oxygen atoms in total. The van der Waals surface area contributed by atoms with Gasteiger partial charge in [0, 0.05) is 11.0 Å². The second-order valence-electron chi connectivity index (χ2n) is 7.50. The number of rotatable bonds is 4. The number of halogens is 2. The molecule has 0 aliphatic carbocycles. The van der Waals surface area contributed by atoms with Crippen LogP contribution in [0.3, 0.4) is 0 Å². The summed E-state index contributed by atoms with van der Waals surface area (Å²) in [6.45, 7) is 0.415. The van der Waals surface area contributed by atoms with E-state index in [9.17, 15) is 14.0 Å². The second kappa shape index (κ2) is 7.78. The van der Waals surface area contributed by atoms with Gasteiger partial charge in [-0.2, -0.15) is 0 Å². The van der Waals surface area contributed by atoms with Crippen LogP contribution in [0.2, 0.25) is 0 Å². The maximum absolute atomic E-state index is 13.8. The third kappa shape index (κ3) is 3.47. The molecule has 0 N–H and O–H groups in total. The molecule has 1 aliphatic rings. The van der Waals surface area contributed by atoms with E-state index < -0.39 is 11.9 Å². The molecule has 2 heterocycles. The molecule has 1 aliphatic heterocycles. The fourth-order valence-electron chi connectivity index (χ4n) is 4.11. The van der Waals surface area contributed by atoms with Crippen molar-refractivity contribution in [1.29, 1.82) is 0 Å². The first-order chi connectivity index (χ1) is 15.0. The van der Waals surface area contributed by atoms with Crippen LogP contribution in [-0.2, 0) is 6.42 Å². The molecule has 0 spiro atoms. The number of hydrogen-bond donors (Lipinski definition) is 0. The van der Waals surface area contributed by atoms with Crippen molar-refractivity contribution < 1.29 is 13.6 Å². The lowest BCUT2D eigenvalue weighted by molar-refractivity contribution is 0.0730. The van der Waals surface area contributed by atoms with Crippen LogP contribution < -0.4 is 5.43 Å². The minimum absolute atomic E-state index is 0.0325. The van der Waals surface area contributed by atoms with Gasteiger partial charge >= 0.3 is 0 Å². The summed E-state index contributed by atoms with van der Waals surface area (Å²) in [5, 5.41) is 0.138. The lowest BCUT2D eigenvalue weighted by atomic mass is 9.98. The van der Waals surface area contributed by atoms with E-state index in [2.05, 4.69) is 15.9 Å². The largest absolute Gasteiger partial charge is 0.450 e. The molecule has 0 radical (unpaired) electrons. The smallest absolute Gasteiger partial charge is 0.290 e. The van der Waals surface area contributed by atoms with Crippen LogP contribution in [-0.4, -0.2) is 17.4 Å². The molecule has 6 heteroatoms.